The highest BCUT2D eigenvalue weighted by Gasteiger charge is 2.14. The van der Waals surface area contributed by atoms with Crippen LogP contribution in [0.3, 0.4) is 0 Å². The molecule has 2 rings (SSSR count). The number of rotatable bonds is 5. The van der Waals surface area contributed by atoms with Crippen LogP contribution >= 0.6 is 0 Å². The zero-order chi connectivity index (χ0) is 14.5. The lowest BCUT2D eigenvalue weighted by atomic mass is 10.2. The Labute approximate surface area is 117 Å². The van der Waals surface area contributed by atoms with Gasteiger partial charge in [0.15, 0.2) is 0 Å². The van der Waals surface area contributed by atoms with Gasteiger partial charge in [-0.2, -0.15) is 0 Å². The Balaban J connectivity index is 2.43. The van der Waals surface area contributed by atoms with E-state index in [1.54, 1.807) is 13.0 Å². The summed E-state index contributed by atoms with van der Waals surface area (Å²) in [5.74, 6) is -0.567. The van der Waals surface area contributed by atoms with Crippen molar-refractivity contribution in [2.24, 2.45) is 0 Å². The molecule has 0 spiro atoms. The van der Waals surface area contributed by atoms with E-state index in [9.17, 15) is 4.79 Å². The van der Waals surface area contributed by atoms with E-state index in [4.69, 9.17) is 5.11 Å². The van der Waals surface area contributed by atoms with Crippen molar-refractivity contribution in [2.75, 3.05) is 11.4 Å². The molecule has 0 aliphatic heterocycles. The molecule has 0 radical (unpaired) electrons. The Morgan fingerprint density at radius 1 is 1.40 bits per heavy atom. The number of aromatic nitrogens is 2. The molecule has 102 valence electrons. The van der Waals surface area contributed by atoms with Crippen molar-refractivity contribution >= 4 is 17.6 Å². The molecule has 1 heterocycles. The van der Waals surface area contributed by atoms with E-state index in [0.717, 1.165) is 5.69 Å². The third-order valence-corrected chi connectivity index (χ3v) is 2.82. The van der Waals surface area contributed by atoms with Gasteiger partial charge in [-0.25, -0.2) is 14.8 Å². The van der Waals surface area contributed by atoms with Crippen molar-refractivity contribution < 1.29 is 9.90 Å². The van der Waals surface area contributed by atoms with Crippen molar-refractivity contribution in [2.45, 2.75) is 6.92 Å². The summed E-state index contributed by atoms with van der Waals surface area (Å²) >= 11 is 0. The molecule has 0 unspecified atom stereocenters. The van der Waals surface area contributed by atoms with Crippen LogP contribution in [0.25, 0.3) is 0 Å². The topological polar surface area (TPSA) is 66.3 Å². The van der Waals surface area contributed by atoms with Gasteiger partial charge in [-0.3, -0.25) is 0 Å². The molecule has 1 aromatic heterocycles. The zero-order valence-electron chi connectivity index (χ0n) is 11.2. The Morgan fingerprint density at radius 2 is 2.10 bits per heavy atom. The van der Waals surface area contributed by atoms with Gasteiger partial charge in [0.05, 0.1) is 11.3 Å². The Bertz CT molecular complexity index is 626. The molecule has 1 aromatic carbocycles. The van der Waals surface area contributed by atoms with Gasteiger partial charge in [-0.15, -0.1) is 6.58 Å². The quantitative estimate of drug-likeness (QED) is 0.845. The first-order chi connectivity index (χ1) is 9.63. The second-order valence-electron chi connectivity index (χ2n) is 4.21. The van der Waals surface area contributed by atoms with Crippen LogP contribution in [0.4, 0.5) is 11.6 Å². The summed E-state index contributed by atoms with van der Waals surface area (Å²) < 4.78 is 0. The number of benzene rings is 1. The predicted molar refractivity (Wildman–Crippen MR) is 77.4 cm³/mol. The van der Waals surface area contributed by atoms with Crippen molar-refractivity contribution in [3.05, 3.63) is 60.4 Å². The molecule has 0 atom stereocenters. The molecule has 0 aliphatic carbocycles. The summed E-state index contributed by atoms with van der Waals surface area (Å²) in [6, 6.07) is 9.64. The van der Waals surface area contributed by atoms with Gasteiger partial charge in [0.2, 0.25) is 5.95 Å². The molecule has 5 nitrogen and oxygen atoms in total. The Kier molecular flexibility index (Phi) is 4.10. The molecule has 0 saturated carbocycles. The lowest BCUT2D eigenvalue weighted by Gasteiger charge is -2.21. The van der Waals surface area contributed by atoms with E-state index < -0.39 is 5.97 Å². The lowest BCUT2D eigenvalue weighted by molar-refractivity contribution is 0.0695. The number of hydrogen-bond acceptors (Lipinski definition) is 4. The van der Waals surface area contributed by atoms with Gasteiger partial charge in [-0.1, -0.05) is 24.3 Å². The Morgan fingerprint density at radius 3 is 2.65 bits per heavy atom. The summed E-state index contributed by atoms with van der Waals surface area (Å²) in [5, 5.41) is 9.01. The summed E-state index contributed by atoms with van der Waals surface area (Å²) in [5.41, 5.74) is 1.47. The van der Waals surface area contributed by atoms with Crippen LogP contribution in [0.15, 0.2) is 49.2 Å². The number of para-hydroxylation sites is 1. The number of aryl methyl sites for hydroxylation is 1. The number of carbonyl (C=O) groups is 1. The van der Waals surface area contributed by atoms with Gasteiger partial charge in [0.1, 0.15) is 0 Å². The summed E-state index contributed by atoms with van der Waals surface area (Å²) in [6.45, 7) is 5.92. The summed E-state index contributed by atoms with van der Waals surface area (Å²) in [4.78, 5) is 21.3. The van der Waals surface area contributed by atoms with Gasteiger partial charge in [-0.05, 0) is 19.1 Å². The average Bonchev–Trinajstić information content (AvgIpc) is 2.45. The third kappa shape index (κ3) is 2.83. The second-order valence-corrected chi connectivity index (χ2v) is 4.21. The van der Waals surface area contributed by atoms with Crippen LogP contribution in [-0.4, -0.2) is 27.6 Å². The lowest BCUT2D eigenvalue weighted by Crippen LogP contribution is -2.20. The first-order valence-corrected chi connectivity index (χ1v) is 6.14. The van der Waals surface area contributed by atoms with Crippen LogP contribution < -0.4 is 4.90 Å². The van der Waals surface area contributed by atoms with Crippen LogP contribution in [0, 0.1) is 6.92 Å². The van der Waals surface area contributed by atoms with Crippen molar-refractivity contribution in [3.8, 4) is 0 Å². The fourth-order valence-corrected chi connectivity index (χ4v) is 1.83. The monoisotopic (exact) mass is 269 g/mol. The maximum Gasteiger partial charge on any atom is 0.339 e. The van der Waals surface area contributed by atoms with E-state index in [2.05, 4.69) is 16.5 Å². The van der Waals surface area contributed by atoms with Crippen molar-refractivity contribution in [1.82, 2.24) is 9.97 Å². The molecule has 0 fully saturated rings. The van der Waals surface area contributed by atoms with E-state index in [-0.39, 0.29) is 5.56 Å². The SMILES string of the molecule is C=CCN(c1ccccc1)c1ncc(C(=O)O)c(C)n1. The van der Waals surface area contributed by atoms with Gasteiger partial charge in [0, 0.05) is 18.4 Å². The predicted octanol–water partition coefficient (Wildman–Crippen LogP) is 2.81. The number of aromatic carboxylic acids is 1. The van der Waals surface area contributed by atoms with Gasteiger partial charge in [0.25, 0.3) is 0 Å². The maximum atomic E-state index is 11.0. The highest BCUT2D eigenvalue weighted by atomic mass is 16.4. The zero-order valence-corrected chi connectivity index (χ0v) is 11.2. The summed E-state index contributed by atoms with van der Waals surface area (Å²) in [6.07, 6.45) is 3.08. The van der Waals surface area contributed by atoms with Gasteiger partial charge < -0.3 is 10.0 Å². The number of anilines is 2. The molecule has 0 bridgehead atoms. The minimum Gasteiger partial charge on any atom is -0.478 e. The molecule has 5 heteroatoms. The fraction of sp³-hybridized carbons (Fsp3) is 0.133. The number of nitrogens with zero attached hydrogens (tertiary/aromatic N) is 3. The second kappa shape index (κ2) is 5.97. The molecule has 0 amide bonds. The molecule has 1 N–H and O–H groups in total. The van der Waals surface area contributed by atoms with E-state index in [1.807, 2.05) is 35.2 Å². The van der Waals surface area contributed by atoms with Gasteiger partial charge >= 0.3 is 5.97 Å². The Hall–Kier alpha value is -2.69. The van der Waals surface area contributed by atoms with Crippen molar-refractivity contribution in [3.63, 3.8) is 0 Å². The number of hydrogen-bond donors (Lipinski definition) is 1. The highest BCUT2D eigenvalue weighted by molar-refractivity contribution is 5.88. The van der Waals surface area contributed by atoms with E-state index >= 15 is 0 Å². The largest absolute Gasteiger partial charge is 0.478 e. The van der Waals surface area contributed by atoms with Crippen LogP contribution in [0.2, 0.25) is 0 Å². The molecular weight excluding hydrogens is 254 g/mol. The maximum absolute atomic E-state index is 11.0. The third-order valence-electron chi connectivity index (χ3n) is 2.82. The minimum absolute atomic E-state index is 0.111. The molecule has 0 saturated heterocycles. The fourth-order valence-electron chi connectivity index (χ4n) is 1.83. The highest BCUT2D eigenvalue weighted by Crippen LogP contribution is 2.22. The average molecular weight is 269 g/mol. The van der Waals surface area contributed by atoms with Crippen molar-refractivity contribution in [1.29, 1.82) is 0 Å². The van der Waals surface area contributed by atoms with Crippen LogP contribution in [-0.2, 0) is 0 Å². The molecule has 2 aromatic rings. The standard InChI is InChI=1S/C15H15N3O2/c1-3-9-18(12-7-5-4-6-8-12)15-16-10-13(14(19)20)11(2)17-15/h3-8,10H,1,9H2,2H3,(H,19,20). The van der Waals surface area contributed by atoms with Crippen LogP contribution in [0.1, 0.15) is 16.1 Å². The molecule has 0 aliphatic rings. The number of carboxylic acids is 1. The molecule has 20 heavy (non-hydrogen) atoms. The summed E-state index contributed by atoms with van der Waals surface area (Å²) in [7, 11) is 0. The van der Waals surface area contributed by atoms with E-state index in [1.165, 1.54) is 6.20 Å². The number of carboxylic acid groups (broad SMARTS) is 1. The normalized spacial score (nSPS) is 10.1. The molecular formula is C15H15N3O2. The smallest absolute Gasteiger partial charge is 0.339 e. The van der Waals surface area contributed by atoms with Crippen LogP contribution in [0.5, 0.6) is 0 Å². The first kappa shape index (κ1) is 13.7. The minimum atomic E-state index is -1.02. The van der Waals surface area contributed by atoms with E-state index in [0.29, 0.717) is 18.2 Å². The first-order valence-electron chi connectivity index (χ1n) is 6.14.